The number of nitrogens with zero attached hydrogens (tertiary/aromatic N) is 2. The molecule has 0 radical (unpaired) electrons. The summed E-state index contributed by atoms with van der Waals surface area (Å²) in [5, 5.41) is 11.9. The minimum absolute atomic E-state index is 0.695. The molecule has 1 aromatic heterocycles. The van der Waals surface area contributed by atoms with Crippen LogP contribution in [0, 0.1) is 11.3 Å². The fourth-order valence-electron chi connectivity index (χ4n) is 1.90. The van der Waals surface area contributed by atoms with Gasteiger partial charge in [-0.2, -0.15) is 5.26 Å². The van der Waals surface area contributed by atoms with Crippen molar-refractivity contribution in [2.24, 2.45) is 0 Å². The van der Waals surface area contributed by atoms with Crippen molar-refractivity contribution in [3.63, 3.8) is 0 Å². The van der Waals surface area contributed by atoms with Gasteiger partial charge in [0.15, 0.2) is 0 Å². The second-order valence-electron chi connectivity index (χ2n) is 4.16. The van der Waals surface area contributed by atoms with Crippen molar-refractivity contribution in [2.45, 2.75) is 13.0 Å². The van der Waals surface area contributed by atoms with E-state index in [4.69, 9.17) is 5.26 Å². The largest absolute Gasteiger partial charge is 0.316 e. The third kappa shape index (κ3) is 2.93. The number of aromatic nitrogens is 1. The maximum Gasteiger partial charge on any atom is 0.0991 e. The molecule has 0 spiro atoms. The van der Waals surface area contributed by atoms with Crippen LogP contribution in [0.25, 0.3) is 0 Å². The lowest BCUT2D eigenvalue weighted by Crippen LogP contribution is -2.08. The molecule has 0 aliphatic heterocycles. The van der Waals surface area contributed by atoms with E-state index in [1.165, 1.54) is 16.7 Å². The zero-order valence-electron chi connectivity index (χ0n) is 10.4. The van der Waals surface area contributed by atoms with E-state index in [1.54, 1.807) is 0 Å². The summed E-state index contributed by atoms with van der Waals surface area (Å²) in [5.41, 5.74) is 4.37. The molecular weight excluding hydrogens is 222 g/mol. The first-order valence-corrected chi connectivity index (χ1v) is 5.89. The summed E-state index contributed by atoms with van der Waals surface area (Å²) >= 11 is 0. The summed E-state index contributed by atoms with van der Waals surface area (Å²) in [7, 11) is 1.94. The van der Waals surface area contributed by atoms with E-state index >= 15 is 0 Å². The maximum absolute atomic E-state index is 8.76. The molecule has 0 unspecified atom stereocenters. The lowest BCUT2D eigenvalue weighted by molar-refractivity contribution is 0.805. The predicted molar refractivity (Wildman–Crippen MR) is 71.0 cm³/mol. The third-order valence-electron chi connectivity index (χ3n) is 2.85. The smallest absolute Gasteiger partial charge is 0.0991 e. The zero-order valence-corrected chi connectivity index (χ0v) is 10.4. The van der Waals surface area contributed by atoms with Crippen LogP contribution in [-0.4, -0.2) is 12.0 Å². The number of hydrogen-bond donors (Lipinski definition) is 1. The summed E-state index contributed by atoms with van der Waals surface area (Å²) in [5.74, 6) is 0. The molecule has 0 aliphatic rings. The molecule has 1 aromatic carbocycles. The van der Waals surface area contributed by atoms with Gasteiger partial charge in [-0.15, -0.1) is 0 Å². The standard InChI is InChI=1S/C15H15N3/c1-17-10-14-6-7-18-11-15(14)8-12-2-4-13(9-16)5-3-12/h2-7,11,17H,8,10H2,1H3. The number of hydrogen-bond acceptors (Lipinski definition) is 3. The van der Waals surface area contributed by atoms with Gasteiger partial charge >= 0.3 is 0 Å². The first-order chi connectivity index (χ1) is 8.83. The minimum Gasteiger partial charge on any atom is -0.316 e. The number of benzene rings is 1. The van der Waals surface area contributed by atoms with Crippen LogP contribution in [0.2, 0.25) is 0 Å². The number of rotatable bonds is 4. The number of pyridine rings is 1. The fraction of sp³-hybridized carbons (Fsp3) is 0.200. The van der Waals surface area contributed by atoms with Crippen LogP contribution in [0.15, 0.2) is 42.7 Å². The van der Waals surface area contributed by atoms with Crippen LogP contribution in [0.3, 0.4) is 0 Å². The highest BCUT2D eigenvalue weighted by molar-refractivity contribution is 5.35. The van der Waals surface area contributed by atoms with Gasteiger partial charge in [0.05, 0.1) is 11.6 Å². The second-order valence-corrected chi connectivity index (χ2v) is 4.16. The van der Waals surface area contributed by atoms with E-state index in [2.05, 4.69) is 16.4 Å². The highest BCUT2D eigenvalue weighted by Gasteiger charge is 2.03. The summed E-state index contributed by atoms with van der Waals surface area (Å²) in [6.07, 6.45) is 4.57. The zero-order chi connectivity index (χ0) is 12.8. The van der Waals surface area contributed by atoms with Gasteiger partial charge in [-0.25, -0.2) is 0 Å². The number of nitriles is 1. The Morgan fingerprint density at radius 3 is 2.61 bits per heavy atom. The Hall–Kier alpha value is -2.18. The summed E-state index contributed by atoms with van der Waals surface area (Å²) in [6, 6.07) is 11.9. The van der Waals surface area contributed by atoms with E-state index < -0.39 is 0 Å². The molecule has 0 saturated carbocycles. The molecule has 0 fully saturated rings. The molecule has 18 heavy (non-hydrogen) atoms. The van der Waals surface area contributed by atoms with Crippen LogP contribution in [-0.2, 0) is 13.0 Å². The SMILES string of the molecule is CNCc1ccncc1Cc1ccc(C#N)cc1. The molecule has 3 nitrogen and oxygen atoms in total. The normalized spacial score (nSPS) is 10.0. The molecule has 0 saturated heterocycles. The van der Waals surface area contributed by atoms with Crippen molar-refractivity contribution in [1.82, 2.24) is 10.3 Å². The van der Waals surface area contributed by atoms with Crippen molar-refractivity contribution in [3.8, 4) is 6.07 Å². The van der Waals surface area contributed by atoms with Crippen molar-refractivity contribution in [1.29, 1.82) is 5.26 Å². The average molecular weight is 237 g/mol. The van der Waals surface area contributed by atoms with Crippen LogP contribution in [0.1, 0.15) is 22.3 Å². The Balaban J connectivity index is 2.20. The summed E-state index contributed by atoms with van der Waals surface area (Å²) < 4.78 is 0. The van der Waals surface area contributed by atoms with E-state index in [9.17, 15) is 0 Å². The molecular formula is C15H15N3. The Kier molecular flexibility index (Phi) is 4.06. The monoisotopic (exact) mass is 237 g/mol. The van der Waals surface area contributed by atoms with Gasteiger partial charge in [0.1, 0.15) is 0 Å². The van der Waals surface area contributed by atoms with E-state index in [0.717, 1.165) is 13.0 Å². The van der Waals surface area contributed by atoms with Crippen molar-refractivity contribution >= 4 is 0 Å². The van der Waals surface area contributed by atoms with Gasteiger partial charge in [0.2, 0.25) is 0 Å². The second kappa shape index (κ2) is 5.95. The van der Waals surface area contributed by atoms with Crippen LogP contribution >= 0.6 is 0 Å². The minimum atomic E-state index is 0.695. The van der Waals surface area contributed by atoms with Gasteiger partial charge in [-0.05, 0) is 48.4 Å². The first kappa shape index (κ1) is 12.3. The van der Waals surface area contributed by atoms with Crippen molar-refractivity contribution in [3.05, 3.63) is 65.0 Å². The van der Waals surface area contributed by atoms with Gasteiger partial charge in [-0.3, -0.25) is 4.98 Å². The molecule has 0 atom stereocenters. The molecule has 0 aliphatic carbocycles. The molecule has 1 N–H and O–H groups in total. The average Bonchev–Trinajstić information content (AvgIpc) is 2.42. The van der Waals surface area contributed by atoms with E-state index in [0.29, 0.717) is 5.56 Å². The van der Waals surface area contributed by atoms with Crippen LogP contribution in [0.5, 0.6) is 0 Å². The Labute approximate surface area is 107 Å². The Bertz CT molecular complexity index is 553. The first-order valence-electron chi connectivity index (χ1n) is 5.89. The molecule has 90 valence electrons. The van der Waals surface area contributed by atoms with Crippen molar-refractivity contribution < 1.29 is 0 Å². The van der Waals surface area contributed by atoms with Gasteiger partial charge < -0.3 is 5.32 Å². The predicted octanol–water partition coefficient (Wildman–Crippen LogP) is 2.26. The Morgan fingerprint density at radius 2 is 1.94 bits per heavy atom. The topological polar surface area (TPSA) is 48.7 Å². The number of nitrogens with one attached hydrogen (secondary N) is 1. The summed E-state index contributed by atoms with van der Waals surface area (Å²) in [6.45, 7) is 0.841. The summed E-state index contributed by atoms with van der Waals surface area (Å²) in [4.78, 5) is 4.18. The van der Waals surface area contributed by atoms with E-state index in [-0.39, 0.29) is 0 Å². The van der Waals surface area contributed by atoms with Crippen LogP contribution < -0.4 is 5.32 Å². The lowest BCUT2D eigenvalue weighted by Gasteiger charge is -2.08. The third-order valence-corrected chi connectivity index (χ3v) is 2.85. The Morgan fingerprint density at radius 1 is 1.17 bits per heavy atom. The van der Waals surface area contributed by atoms with Gasteiger partial charge in [-0.1, -0.05) is 12.1 Å². The molecule has 3 heteroatoms. The molecule has 0 bridgehead atoms. The molecule has 2 aromatic rings. The fourth-order valence-corrected chi connectivity index (χ4v) is 1.90. The van der Waals surface area contributed by atoms with Gasteiger partial charge in [0, 0.05) is 18.9 Å². The van der Waals surface area contributed by atoms with Crippen LogP contribution in [0.4, 0.5) is 0 Å². The molecule has 1 heterocycles. The maximum atomic E-state index is 8.76. The van der Waals surface area contributed by atoms with Gasteiger partial charge in [0.25, 0.3) is 0 Å². The van der Waals surface area contributed by atoms with E-state index in [1.807, 2.05) is 49.8 Å². The highest BCUT2D eigenvalue weighted by Crippen LogP contribution is 2.14. The lowest BCUT2D eigenvalue weighted by atomic mass is 10.0. The van der Waals surface area contributed by atoms with Crippen molar-refractivity contribution in [2.75, 3.05) is 7.05 Å². The molecule has 2 rings (SSSR count). The quantitative estimate of drug-likeness (QED) is 0.887. The molecule has 0 amide bonds. The highest BCUT2D eigenvalue weighted by atomic mass is 14.8.